The quantitative estimate of drug-likeness (QED) is 0.772. The molecular formula is C20H19N3O2. The van der Waals surface area contributed by atoms with Gasteiger partial charge in [0, 0.05) is 5.56 Å². The maximum atomic E-state index is 12.0. The van der Waals surface area contributed by atoms with Gasteiger partial charge in [0.05, 0.1) is 18.1 Å². The number of amides is 1. The van der Waals surface area contributed by atoms with Crippen LogP contribution >= 0.6 is 0 Å². The summed E-state index contributed by atoms with van der Waals surface area (Å²) in [6.07, 6.45) is 3.18. The number of ether oxygens (including phenoxy) is 1. The van der Waals surface area contributed by atoms with Gasteiger partial charge in [-0.05, 0) is 31.5 Å². The number of nitrogens with zero attached hydrogens (tertiary/aromatic N) is 2. The Balaban J connectivity index is 1.57. The maximum absolute atomic E-state index is 12.0. The molecule has 0 saturated heterocycles. The van der Waals surface area contributed by atoms with Crippen molar-refractivity contribution in [3.05, 3.63) is 72.1 Å². The van der Waals surface area contributed by atoms with Crippen LogP contribution < -0.4 is 10.1 Å². The van der Waals surface area contributed by atoms with Crippen molar-refractivity contribution in [3.8, 4) is 17.1 Å². The molecule has 3 rings (SSSR count). The van der Waals surface area contributed by atoms with Crippen LogP contribution in [0.25, 0.3) is 11.4 Å². The number of rotatable bonds is 5. The maximum Gasteiger partial charge on any atom is 0.262 e. The fraction of sp³-hybridized carbons (Fsp3) is 0.150. The largest absolute Gasteiger partial charge is 0.484 e. The van der Waals surface area contributed by atoms with Gasteiger partial charge >= 0.3 is 0 Å². The molecule has 0 radical (unpaired) electrons. The van der Waals surface area contributed by atoms with Gasteiger partial charge in [-0.25, -0.2) is 9.97 Å². The smallest absolute Gasteiger partial charge is 0.262 e. The van der Waals surface area contributed by atoms with Gasteiger partial charge in [-0.2, -0.15) is 0 Å². The molecule has 0 aliphatic heterocycles. The van der Waals surface area contributed by atoms with Gasteiger partial charge in [-0.15, -0.1) is 0 Å². The first-order valence-electron chi connectivity index (χ1n) is 7.98. The molecule has 0 saturated carbocycles. The zero-order valence-electron chi connectivity index (χ0n) is 14.2. The summed E-state index contributed by atoms with van der Waals surface area (Å²) >= 11 is 0. The summed E-state index contributed by atoms with van der Waals surface area (Å²) in [6, 6.07) is 15.5. The summed E-state index contributed by atoms with van der Waals surface area (Å²) in [5.41, 5.74) is 3.74. The minimum Gasteiger partial charge on any atom is -0.484 e. The number of hydrogen-bond acceptors (Lipinski definition) is 4. The van der Waals surface area contributed by atoms with Gasteiger partial charge in [0.1, 0.15) is 5.75 Å². The van der Waals surface area contributed by atoms with Crippen molar-refractivity contribution >= 4 is 11.6 Å². The third kappa shape index (κ3) is 4.64. The minimum atomic E-state index is -0.256. The first kappa shape index (κ1) is 16.6. The monoisotopic (exact) mass is 333 g/mol. The van der Waals surface area contributed by atoms with E-state index in [9.17, 15) is 4.79 Å². The molecule has 25 heavy (non-hydrogen) atoms. The molecule has 1 heterocycles. The SMILES string of the molecule is Cc1ccc(-c2ncc(NC(=O)COc3cccc(C)c3)cn2)cc1. The van der Waals surface area contributed by atoms with Crippen LogP contribution in [-0.4, -0.2) is 22.5 Å². The molecule has 1 N–H and O–H groups in total. The Hall–Kier alpha value is -3.21. The van der Waals surface area contributed by atoms with Crippen LogP contribution in [0.2, 0.25) is 0 Å². The lowest BCUT2D eigenvalue weighted by atomic mass is 10.1. The summed E-state index contributed by atoms with van der Waals surface area (Å²) in [5, 5.41) is 2.73. The Labute approximate surface area is 146 Å². The van der Waals surface area contributed by atoms with Gasteiger partial charge in [0.2, 0.25) is 0 Å². The first-order chi connectivity index (χ1) is 12.1. The third-order valence-corrected chi connectivity index (χ3v) is 3.60. The molecule has 0 spiro atoms. The van der Waals surface area contributed by atoms with Crippen LogP contribution in [0.1, 0.15) is 11.1 Å². The van der Waals surface area contributed by atoms with Crippen molar-refractivity contribution in [1.29, 1.82) is 0 Å². The highest BCUT2D eigenvalue weighted by molar-refractivity contribution is 5.91. The van der Waals surface area contributed by atoms with Crippen LogP contribution in [-0.2, 0) is 4.79 Å². The van der Waals surface area contributed by atoms with E-state index in [1.54, 1.807) is 12.4 Å². The summed E-state index contributed by atoms with van der Waals surface area (Å²) < 4.78 is 5.47. The predicted octanol–water partition coefficient (Wildman–Crippen LogP) is 3.78. The Bertz CT molecular complexity index is 859. The molecule has 126 valence electrons. The van der Waals surface area contributed by atoms with E-state index >= 15 is 0 Å². The zero-order valence-corrected chi connectivity index (χ0v) is 14.2. The van der Waals surface area contributed by atoms with Crippen LogP contribution in [0, 0.1) is 13.8 Å². The fourth-order valence-electron chi connectivity index (χ4n) is 2.30. The van der Waals surface area contributed by atoms with E-state index in [0.29, 0.717) is 17.3 Å². The second-order valence-corrected chi connectivity index (χ2v) is 5.81. The highest BCUT2D eigenvalue weighted by atomic mass is 16.5. The third-order valence-electron chi connectivity index (χ3n) is 3.60. The number of carbonyl (C=O) groups is 1. The highest BCUT2D eigenvalue weighted by Gasteiger charge is 2.06. The standard InChI is InChI=1S/C20H19N3O2/c1-14-6-8-16(9-7-14)20-21-11-17(12-22-20)23-19(24)13-25-18-5-3-4-15(2)10-18/h3-12H,13H2,1-2H3,(H,23,24). The lowest BCUT2D eigenvalue weighted by Gasteiger charge is -2.08. The molecule has 2 aromatic carbocycles. The molecule has 0 bridgehead atoms. The molecule has 0 aliphatic rings. The van der Waals surface area contributed by atoms with Gasteiger partial charge in [-0.3, -0.25) is 4.79 Å². The van der Waals surface area contributed by atoms with E-state index in [2.05, 4.69) is 15.3 Å². The molecular weight excluding hydrogens is 314 g/mol. The average Bonchev–Trinajstić information content (AvgIpc) is 2.62. The average molecular weight is 333 g/mol. The summed E-state index contributed by atoms with van der Waals surface area (Å²) in [7, 11) is 0. The van der Waals surface area contributed by atoms with Crippen LogP contribution in [0.5, 0.6) is 5.75 Å². The highest BCUT2D eigenvalue weighted by Crippen LogP contribution is 2.16. The first-order valence-corrected chi connectivity index (χ1v) is 7.98. The molecule has 1 amide bonds. The number of hydrogen-bond donors (Lipinski definition) is 1. The molecule has 5 heteroatoms. The van der Waals surface area contributed by atoms with Gasteiger partial charge in [-0.1, -0.05) is 42.0 Å². The van der Waals surface area contributed by atoms with Crippen LogP contribution in [0.15, 0.2) is 60.9 Å². The normalized spacial score (nSPS) is 10.3. The van der Waals surface area contributed by atoms with Gasteiger partial charge < -0.3 is 10.1 Å². The van der Waals surface area contributed by atoms with E-state index in [-0.39, 0.29) is 12.5 Å². The minimum absolute atomic E-state index is 0.0663. The second kappa shape index (κ2) is 7.57. The van der Waals surface area contributed by atoms with Crippen molar-refractivity contribution in [2.45, 2.75) is 13.8 Å². The summed E-state index contributed by atoms with van der Waals surface area (Å²) in [4.78, 5) is 20.6. The van der Waals surface area contributed by atoms with E-state index in [1.165, 1.54) is 5.56 Å². The lowest BCUT2D eigenvalue weighted by molar-refractivity contribution is -0.118. The topological polar surface area (TPSA) is 64.1 Å². The predicted molar refractivity (Wildman–Crippen MR) is 97.5 cm³/mol. The van der Waals surface area contributed by atoms with Crippen molar-refractivity contribution < 1.29 is 9.53 Å². The van der Waals surface area contributed by atoms with Gasteiger partial charge in [0.25, 0.3) is 5.91 Å². The molecule has 0 fully saturated rings. The Morgan fingerprint density at radius 3 is 2.40 bits per heavy atom. The van der Waals surface area contributed by atoms with Crippen LogP contribution in [0.3, 0.4) is 0 Å². The van der Waals surface area contributed by atoms with Crippen molar-refractivity contribution in [2.24, 2.45) is 0 Å². The van der Waals surface area contributed by atoms with Crippen LogP contribution in [0.4, 0.5) is 5.69 Å². The Morgan fingerprint density at radius 1 is 1.00 bits per heavy atom. The number of benzene rings is 2. The molecule has 0 unspecified atom stereocenters. The van der Waals surface area contributed by atoms with Crippen molar-refractivity contribution in [2.75, 3.05) is 11.9 Å². The van der Waals surface area contributed by atoms with Crippen molar-refractivity contribution in [3.63, 3.8) is 0 Å². The molecule has 0 atom stereocenters. The molecule has 5 nitrogen and oxygen atoms in total. The number of anilines is 1. The number of nitrogens with one attached hydrogen (secondary N) is 1. The Kier molecular flexibility index (Phi) is 5.04. The molecule has 0 aliphatic carbocycles. The van der Waals surface area contributed by atoms with Gasteiger partial charge in [0.15, 0.2) is 12.4 Å². The molecule has 3 aromatic rings. The summed E-state index contributed by atoms with van der Waals surface area (Å²) in [5.74, 6) is 1.03. The molecule has 1 aromatic heterocycles. The number of carbonyl (C=O) groups excluding carboxylic acids is 1. The zero-order chi connectivity index (χ0) is 17.6. The van der Waals surface area contributed by atoms with E-state index in [0.717, 1.165) is 11.1 Å². The lowest BCUT2D eigenvalue weighted by Crippen LogP contribution is -2.20. The summed E-state index contributed by atoms with van der Waals surface area (Å²) in [6.45, 7) is 3.94. The Morgan fingerprint density at radius 2 is 1.72 bits per heavy atom. The second-order valence-electron chi connectivity index (χ2n) is 5.81. The van der Waals surface area contributed by atoms with E-state index in [1.807, 2.05) is 62.4 Å². The fourth-order valence-corrected chi connectivity index (χ4v) is 2.30. The van der Waals surface area contributed by atoms with E-state index in [4.69, 9.17) is 4.74 Å². The van der Waals surface area contributed by atoms with E-state index < -0.39 is 0 Å². The van der Waals surface area contributed by atoms with Crippen molar-refractivity contribution in [1.82, 2.24) is 9.97 Å². The number of aromatic nitrogens is 2. The number of aryl methyl sites for hydroxylation is 2.